The molecule has 1 aromatic rings. The standard InChI is InChI=1S/C18H29NO2/c1-2-3-12-21-18-10-8-17(9-11-18)19-13-15-6-4-5-7-16(15)14-20/h8-11,15-16,19-20H,2-7,12-14H2,1H3. The van der Waals surface area contributed by atoms with Crippen molar-refractivity contribution in [3.63, 3.8) is 0 Å². The fourth-order valence-corrected chi connectivity index (χ4v) is 3.05. The molecular weight excluding hydrogens is 262 g/mol. The van der Waals surface area contributed by atoms with Gasteiger partial charge in [-0.1, -0.05) is 26.2 Å². The Kier molecular flexibility index (Phi) is 6.87. The van der Waals surface area contributed by atoms with Gasteiger partial charge in [-0.05, 0) is 55.4 Å². The number of hydrogen-bond acceptors (Lipinski definition) is 3. The lowest BCUT2D eigenvalue weighted by atomic mass is 9.79. The second-order valence-electron chi connectivity index (χ2n) is 6.09. The lowest BCUT2D eigenvalue weighted by Gasteiger charge is -2.30. The Morgan fingerprint density at radius 1 is 1.14 bits per heavy atom. The van der Waals surface area contributed by atoms with Gasteiger partial charge in [0.05, 0.1) is 6.61 Å². The number of anilines is 1. The number of aliphatic hydroxyl groups excluding tert-OH is 1. The van der Waals surface area contributed by atoms with Crippen LogP contribution in [0.5, 0.6) is 5.75 Å². The molecule has 2 unspecified atom stereocenters. The quantitative estimate of drug-likeness (QED) is 0.709. The zero-order valence-electron chi connectivity index (χ0n) is 13.2. The number of unbranched alkanes of at least 4 members (excludes halogenated alkanes) is 1. The first kappa shape index (κ1) is 16.2. The van der Waals surface area contributed by atoms with Crippen molar-refractivity contribution < 1.29 is 9.84 Å². The topological polar surface area (TPSA) is 41.5 Å². The summed E-state index contributed by atoms with van der Waals surface area (Å²) in [6, 6.07) is 8.22. The van der Waals surface area contributed by atoms with Gasteiger partial charge in [-0.15, -0.1) is 0 Å². The lowest BCUT2D eigenvalue weighted by molar-refractivity contribution is 0.141. The summed E-state index contributed by atoms with van der Waals surface area (Å²) in [5.41, 5.74) is 1.14. The molecule has 0 radical (unpaired) electrons. The number of aliphatic hydroxyl groups is 1. The van der Waals surface area contributed by atoms with Crippen molar-refractivity contribution in [1.29, 1.82) is 0 Å². The Morgan fingerprint density at radius 3 is 2.52 bits per heavy atom. The van der Waals surface area contributed by atoms with Crippen LogP contribution >= 0.6 is 0 Å². The molecule has 1 aliphatic rings. The van der Waals surface area contributed by atoms with Crippen LogP contribution in [-0.2, 0) is 0 Å². The predicted molar refractivity (Wildman–Crippen MR) is 87.9 cm³/mol. The molecule has 1 aromatic carbocycles. The highest BCUT2D eigenvalue weighted by atomic mass is 16.5. The number of benzene rings is 1. The first-order chi connectivity index (χ1) is 10.3. The van der Waals surface area contributed by atoms with E-state index in [1.54, 1.807) is 0 Å². The van der Waals surface area contributed by atoms with Gasteiger partial charge in [-0.2, -0.15) is 0 Å². The van der Waals surface area contributed by atoms with E-state index in [4.69, 9.17) is 4.74 Å². The van der Waals surface area contributed by atoms with Crippen molar-refractivity contribution in [3.05, 3.63) is 24.3 Å². The largest absolute Gasteiger partial charge is 0.494 e. The fourth-order valence-electron chi connectivity index (χ4n) is 3.05. The highest BCUT2D eigenvalue weighted by Gasteiger charge is 2.23. The monoisotopic (exact) mass is 291 g/mol. The van der Waals surface area contributed by atoms with Gasteiger partial charge in [-0.3, -0.25) is 0 Å². The second-order valence-corrected chi connectivity index (χ2v) is 6.09. The third-order valence-corrected chi connectivity index (χ3v) is 4.49. The van der Waals surface area contributed by atoms with Crippen molar-refractivity contribution >= 4 is 5.69 Å². The van der Waals surface area contributed by atoms with Gasteiger partial charge in [0, 0.05) is 18.8 Å². The molecule has 21 heavy (non-hydrogen) atoms. The Balaban J connectivity index is 1.77. The van der Waals surface area contributed by atoms with Crippen molar-refractivity contribution in [1.82, 2.24) is 0 Å². The minimum atomic E-state index is 0.330. The molecule has 118 valence electrons. The summed E-state index contributed by atoms with van der Waals surface area (Å²) >= 11 is 0. The molecule has 1 aliphatic carbocycles. The van der Waals surface area contributed by atoms with Gasteiger partial charge < -0.3 is 15.2 Å². The zero-order chi connectivity index (χ0) is 14.9. The fraction of sp³-hybridized carbons (Fsp3) is 0.667. The Morgan fingerprint density at radius 2 is 1.86 bits per heavy atom. The zero-order valence-corrected chi connectivity index (χ0v) is 13.2. The normalized spacial score (nSPS) is 22.0. The van der Waals surface area contributed by atoms with Gasteiger partial charge in [0.25, 0.3) is 0 Å². The lowest BCUT2D eigenvalue weighted by Crippen LogP contribution is -2.28. The molecule has 2 atom stereocenters. The molecule has 1 saturated carbocycles. The summed E-state index contributed by atoms with van der Waals surface area (Å²) in [5.74, 6) is 2.02. The number of nitrogens with one attached hydrogen (secondary N) is 1. The van der Waals surface area contributed by atoms with Crippen molar-refractivity contribution in [2.24, 2.45) is 11.8 Å². The summed E-state index contributed by atoms with van der Waals surface area (Å²) in [6.45, 7) is 4.25. The van der Waals surface area contributed by atoms with Crippen LogP contribution < -0.4 is 10.1 Å². The summed E-state index contributed by atoms with van der Waals surface area (Å²) in [5, 5.41) is 13.0. The average molecular weight is 291 g/mol. The average Bonchev–Trinajstić information content (AvgIpc) is 2.54. The Hall–Kier alpha value is -1.22. The second kappa shape index (κ2) is 8.93. The molecule has 0 heterocycles. The van der Waals surface area contributed by atoms with Gasteiger partial charge in [0.1, 0.15) is 5.75 Å². The minimum Gasteiger partial charge on any atom is -0.494 e. The molecule has 2 N–H and O–H groups in total. The summed E-state index contributed by atoms with van der Waals surface area (Å²) in [4.78, 5) is 0. The summed E-state index contributed by atoms with van der Waals surface area (Å²) in [6.07, 6.45) is 7.24. The summed E-state index contributed by atoms with van der Waals surface area (Å²) < 4.78 is 5.67. The molecule has 0 amide bonds. The third kappa shape index (κ3) is 5.24. The van der Waals surface area contributed by atoms with E-state index < -0.39 is 0 Å². The first-order valence-electron chi connectivity index (χ1n) is 8.41. The predicted octanol–water partition coefficient (Wildman–Crippen LogP) is 4.08. The molecule has 2 rings (SSSR count). The van der Waals surface area contributed by atoms with Crippen LogP contribution in [0.4, 0.5) is 5.69 Å². The van der Waals surface area contributed by atoms with E-state index in [1.165, 1.54) is 25.7 Å². The molecular formula is C18H29NO2. The van der Waals surface area contributed by atoms with Crippen LogP contribution in [0.15, 0.2) is 24.3 Å². The molecule has 0 bridgehead atoms. The van der Waals surface area contributed by atoms with Gasteiger partial charge >= 0.3 is 0 Å². The van der Waals surface area contributed by atoms with Crippen LogP contribution in [0.2, 0.25) is 0 Å². The Labute approximate surface area is 128 Å². The van der Waals surface area contributed by atoms with E-state index in [9.17, 15) is 5.11 Å². The molecule has 0 spiro atoms. The Bertz CT molecular complexity index is 391. The summed E-state index contributed by atoms with van der Waals surface area (Å²) in [7, 11) is 0. The molecule has 1 fully saturated rings. The van der Waals surface area contributed by atoms with E-state index >= 15 is 0 Å². The molecule has 0 aromatic heterocycles. The van der Waals surface area contributed by atoms with Gasteiger partial charge in [0.2, 0.25) is 0 Å². The minimum absolute atomic E-state index is 0.330. The van der Waals surface area contributed by atoms with E-state index in [0.29, 0.717) is 18.4 Å². The van der Waals surface area contributed by atoms with Crippen molar-refractivity contribution in [3.8, 4) is 5.75 Å². The van der Waals surface area contributed by atoms with Gasteiger partial charge in [-0.25, -0.2) is 0 Å². The third-order valence-electron chi connectivity index (χ3n) is 4.49. The highest BCUT2D eigenvalue weighted by molar-refractivity contribution is 5.46. The number of ether oxygens (including phenoxy) is 1. The van der Waals surface area contributed by atoms with E-state index in [-0.39, 0.29) is 0 Å². The van der Waals surface area contributed by atoms with Crippen molar-refractivity contribution in [2.75, 3.05) is 25.1 Å². The maximum Gasteiger partial charge on any atom is 0.119 e. The SMILES string of the molecule is CCCCOc1ccc(NCC2CCCCC2CO)cc1. The molecule has 3 nitrogen and oxygen atoms in total. The van der Waals surface area contributed by atoms with Crippen LogP contribution in [0.1, 0.15) is 45.4 Å². The molecule has 0 aliphatic heterocycles. The van der Waals surface area contributed by atoms with Crippen LogP contribution in [0.25, 0.3) is 0 Å². The van der Waals surface area contributed by atoms with Crippen LogP contribution in [-0.4, -0.2) is 24.9 Å². The maximum absolute atomic E-state index is 9.45. The van der Waals surface area contributed by atoms with E-state index in [2.05, 4.69) is 24.4 Å². The first-order valence-corrected chi connectivity index (χ1v) is 8.41. The van der Waals surface area contributed by atoms with E-state index in [1.807, 2.05) is 12.1 Å². The molecule has 3 heteroatoms. The number of hydrogen-bond donors (Lipinski definition) is 2. The van der Waals surface area contributed by atoms with Gasteiger partial charge in [0.15, 0.2) is 0 Å². The maximum atomic E-state index is 9.45. The highest BCUT2D eigenvalue weighted by Crippen LogP contribution is 2.30. The number of rotatable bonds is 8. The van der Waals surface area contributed by atoms with Crippen LogP contribution in [0, 0.1) is 11.8 Å². The van der Waals surface area contributed by atoms with Crippen molar-refractivity contribution in [2.45, 2.75) is 45.4 Å². The molecule has 0 saturated heterocycles. The van der Waals surface area contributed by atoms with Crippen LogP contribution in [0.3, 0.4) is 0 Å². The van der Waals surface area contributed by atoms with E-state index in [0.717, 1.165) is 37.4 Å². The smallest absolute Gasteiger partial charge is 0.119 e.